The van der Waals surface area contributed by atoms with Crippen molar-refractivity contribution < 1.29 is 0 Å². The lowest BCUT2D eigenvalue weighted by molar-refractivity contribution is 0.257. The number of allylic oxidation sites excluding steroid dienone is 6. The third-order valence-electron chi connectivity index (χ3n) is 5.91. The largest absolute Gasteiger partial charge is 0.385 e. The van der Waals surface area contributed by atoms with Crippen LogP contribution in [-0.2, 0) is 0 Å². The minimum atomic E-state index is 0.410. The van der Waals surface area contributed by atoms with Crippen molar-refractivity contribution in [3.8, 4) is 0 Å². The van der Waals surface area contributed by atoms with Crippen LogP contribution in [0, 0.1) is 5.92 Å². The number of hydrogen-bond donors (Lipinski definition) is 2. The molecule has 30 heavy (non-hydrogen) atoms. The van der Waals surface area contributed by atoms with Crippen LogP contribution in [0.3, 0.4) is 0 Å². The maximum atomic E-state index is 4.29. The summed E-state index contributed by atoms with van der Waals surface area (Å²) in [7, 11) is 0. The van der Waals surface area contributed by atoms with Crippen molar-refractivity contribution in [1.82, 2.24) is 20.4 Å². The van der Waals surface area contributed by atoms with Crippen molar-refractivity contribution >= 4 is 6.72 Å². The number of fused-ring (bicyclic) bond motifs is 2. The third kappa shape index (κ3) is 5.15. The van der Waals surface area contributed by atoms with Gasteiger partial charge in [-0.2, -0.15) is 0 Å². The fourth-order valence-electron chi connectivity index (χ4n) is 3.96. The zero-order valence-corrected chi connectivity index (χ0v) is 18.5. The average Bonchev–Trinajstić information content (AvgIpc) is 3.48. The van der Waals surface area contributed by atoms with Gasteiger partial charge in [0, 0.05) is 31.0 Å². The fraction of sp³-hybridized carbons (Fsp3) is 0.400. The highest BCUT2D eigenvalue weighted by molar-refractivity contribution is 5.40. The zero-order chi connectivity index (χ0) is 21.7. The van der Waals surface area contributed by atoms with Gasteiger partial charge in [0.2, 0.25) is 0 Å². The van der Waals surface area contributed by atoms with Gasteiger partial charge in [-0.3, -0.25) is 0 Å². The Labute approximate surface area is 181 Å². The Morgan fingerprint density at radius 3 is 2.67 bits per heavy atom. The van der Waals surface area contributed by atoms with Crippen LogP contribution in [-0.4, -0.2) is 42.2 Å². The lowest BCUT2D eigenvalue weighted by Crippen LogP contribution is -2.43. The quantitative estimate of drug-likeness (QED) is 0.395. The minimum Gasteiger partial charge on any atom is -0.385 e. The molecule has 2 N–H and O–H groups in total. The van der Waals surface area contributed by atoms with Gasteiger partial charge in [0.15, 0.2) is 0 Å². The molecule has 1 atom stereocenters. The molecule has 1 aliphatic carbocycles. The fourth-order valence-corrected chi connectivity index (χ4v) is 3.96. The molecule has 1 saturated carbocycles. The SMILES string of the molecule is C=N/C(=C\C=C/C)NC(=C)N1C(C)=C(/C=C\C(=C)C(=C)NCC2CC2)N2CC[C@H]1C2. The maximum absolute atomic E-state index is 4.29. The summed E-state index contributed by atoms with van der Waals surface area (Å²) in [5, 5.41) is 6.73. The van der Waals surface area contributed by atoms with Gasteiger partial charge in [-0.15, -0.1) is 0 Å². The van der Waals surface area contributed by atoms with E-state index in [4.69, 9.17) is 0 Å². The van der Waals surface area contributed by atoms with Crippen LogP contribution in [0.5, 0.6) is 0 Å². The highest BCUT2D eigenvalue weighted by Crippen LogP contribution is 2.34. The Kier molecular flexibility index (Phi) is 7.03. The summed E-state index contributed by atoms with van der Waals surface area (Å²) in [6.07, 6.45) is 13.8. The molecule has 5 nitrogen and oxygen atoms in total. The van der Waals surface area contributed by atoms with Crippen LogP contribution in [0.4, 0.5) is 0 Å². The summed E-state index contributed by atoms with van der Waals surface area (Å²) in [6.45, 7) is 23.4. The van der Waals surface area contributed by atoms with E-state index in [1.54, 1.807) is 0 Å². The van der Waals surface area contributed by atoms with Gasteiger partial charge < -0.3 is 20.4 Å². The highest BCUT2D eigenvalue weighted by Gasteiger charge is 2.36. The Morgan fingerprint density at radius 2 is 2.00 bits per heavy atom. The first-order valence-electron chi connectivity index (χ1n) is 10.8. The summed E-state index contributed by atoms with van der Waals surface area (Å²) in [6, 6.07) is 0.410. The second kappa shape index (κ2) is 9.70. The predicted molar refractivity (Wildman–Crippen MR) is 127 cm³/mol. The molecule has 0 aromatic carbocycles. The van der Waals surface area contributed by atoms with E-state index in [2.05, 4.69) is 71.0 Å². The van der Waals surface area contributed by atoms with E-state index in [1.165, 1.54) is 24.2 Å². The van der Waals surface area contributed by atoms with Gasteiger partial charge in [-0.05, 0) is 63.5 Å². The van der Waals surface area contributed by atoms with Crippen LogP contribution in [0.1, 0.15) is 33.1 Å². The van der Waals surface area contributed by atoms with E-state index in [1.807, 2.05) is 25.2 Å². The number of hydrogen-bond acceptors (Lipinski definition) is 5. The number of nitrogens with one attached hydrogen (secondary N) is 2. The molecule has 0 aromatic heterocycles. The van der Waals surface area contributed by atoms with Crippen molar-refractivity contribution in [3.63, 3.8) is 0 Å². The first-order valence-corrected chi connectivity index (χ1v) is 10.8. The molecule has 3 rings (SSSR count). The maximum Gasteiger partial charge on any atom is 0.130 e. The third-order valence-corrected chi connectivity index (χ3v) is 5.91. The van der Waals surface area contributed by atoms with Gasteiger partial charge in [0.1, 0.15) is 11.6 Å². The van der Waals surface area contributed by atoms with Crippen molar-refractivity contribution in [1.29, 1.82) is 0 Å². The van der Waals surface area contributed by atoms with Crippen LogP contribution >= 0.6 is 0 Å². The lowest BCUT2D eigenvalue weighted by atomic mass is 10.1. The topological polar surface area (TPSA) is 42.9 Å². The molecule has 0 spiro atoms. The first kappa shape index (κ1) is 21.8. The lowest BCUT2D eigenvalue weighted by Gasteiger charge is -2.39. The van der Waals surface area contributed by atoms with Crippen LogP contribution in [0.25, 0.3) is 0 Å². The molecule has 0 amide bonds. The molecule has 3 aliphatic rings. The summed E-state index contributed by atoms with van der Waals surface area (Å²) >= 11 is 0. The Bertz CT molecular complexity index is 838. The molecule has 1 saturated heterocycles. The Hall–Kier alpha value is -2.95. The molecule has 0 unspecified atom stereocenters. The number of nitrogens with zero attached hydrogens (tertiary/aromatic N) is 3. The van der Waals surface area contributed by atoms with Crippen LogP contribution in [0.15, 0.2) is 89.4 Å². The molecule has 0 radical (unpaired) electrons. The second-order valence-electron chi connectivity index (χ2n) is 8.20. The Morgan fingerprint density at radius 1 is 1.23 bits per heavy atom. The summed E-state index contributed by atoms with van der Waals surface area (Å²) in [5.41, 5.74) is 4.21. The van der Waals surface area contributed by atoms with Gasteiger partial charge in [0.25, 0.3) is 0 Å². The first-order chi connectivity index (χ1) is 14.4. The molecular weight excluding hydrogens is 370 g/mol. The summed E-state index contributed by atoms with van der Waals surface area (Å²) in [4.78, 5) is 8.80. The standard InChI is InChI=1S/C25H35N5/c1-7-8-9-25(26-6)28-21(5)30-20(4)24(29-15-14-23(30)17-29)13-10-18(2)19(3)27-16-22-11-12-22/h7-10,13,22-23,27-28H,2-3,5-6,11-12,14-17H2,1,4H3/b8-7-,13-10-,25-9+/t23-/m0/s1. The normalized spacial score (nSPS) is 21.5. The highest BCUT2D eigenvalue weighted by atomic mass is 15.4. The monoisotopic (exact) mass is 405 g/mol. The van der Waals surface area contributed by atoms with Gasteiger partial charge in [-0.25, -0.2) is 4.99 Å². The molecule has 160 valence electrons. The van der Waals surface area contributed by atoms with E-state index >= 15 is 0 Å². The average molecular weight is 406 g/mol. The van der Waals surface area contributed by atoms with Crippen LogP contribution < -0.4 is 10.6 Å². The molecule has 2 bridgehead atoms. The van der Waals surface area contributed by atoms with Crippen LogP contribution in [0.2, 0.25) is 0 Å². The summed E-state index contributed by atoms with van der Waals surface area (Å²) in [5.74, 6) is 2.32. The molecule has 2 aliphatic heterocycles. The molecule has 2 fully saturated rings. The molecule has 5 heteroatoms. The van der Waals surface area contributed by atoms with E-state index in [0.717, 1.165) is 49.1 Å². The van der Waals surface area contributed by atoms with E-state index in [0.29, 0.717) is 11.9 Å². The van der Waals surface area contributed by atoms with Crippen molar-refractivity contribution in [2.45, 2.75) is 39.2 Å². The molecule has 0 aromatic rings. The van der Waals surface area contributed by atoms with Gasteiger partial charge in [-0.1, -0.05) is 38.0 Å². The predicted octanol–water partition coefficient (Wildman–Crippen LogP) is 4.41. The van der Waals surface area contributed by atoms with Gasteiger partial charge >= 0.3 is 0 Å². The number of aliphatic imine (C=N–C) groups is 1. The van der Waals surface area contributed by atoms with Gasteiger partial charge in [0.05, 0.1) is 11.7 Å². The van der Waals surface area contributed by atoms with Crippen molar-refractivity contribution in [2.75, 3.05) is 19.6 Å². The second-order valence-corrected chi connectivity index (χ2v) is 8.20. The van der Waals surface area contributed by atoms with Crippen molar-refractivity contribution in [3.05, 3.63) is 84.4 Å². The minimum absolute atomic E-state index is 0.410. The smallest absolute Gasteiger partial charge is 0.130 e. The van der Waals surface area contributed by atoms with E-state index in [-0.39, 0.29) is 0 Å². The summed E-state index contributed by atoms with van der Waals surface area (Å²) < 4.78 is 0. The number of rotatable bonds is 11. The van der Waals surface area contributed by atoms with E-state index in [9.17, 15) is 0 Å². The Balaban J connectivity index is 1.72. The van der Waals surface area contributed by atoms with Crippen molar-refractivity contribution in [2.24, 2.45) is 10.9 Å². The zero-order valence-electron chi connectivity index (χ0n) is 18.5. The molecule has 2 heterocycles. The molecular formula is C25H35N5. The van der Waals surface area contributed by atoms with E-state index < -0.39 is 0 Å².